The highest BCUT2D eigenvalue weighted by Gasteiger charge is 2.09. The van der Waals surface area contributed by atoms with E-state index in [1.807, 2.05) is 6.08 Å². The lowest BCUT2D eigenvalue weighted by atomic mass is 10.0. The van der Waals surface area contributed by atoms with E-state index in [-0.39, 0.29) is 0 Å². The molecule has 0 aromatic carbocycles. The molecule has 2 aliphatic carbocycles. The molecule has 0 spiro atoms. The summed E-state index contributed by atoms with van der Waals surface area (Å²) in [6.45, 7) is 1.08. The molecule has 0 radical (unpaired) electrons. The van der Waals surface area contributed by atoms with Crippen molar-refractivity contribution in [3.8, 4) is 0 Å². The molecule has 0 aliphatic heterocycles. The van der Waals surface area contributed by atoms with Crippen LogP contribution in [0.25, 0.3) is 0 Å². The van der Waals surface area contributed by atoms with Gasteiger partial charge in [0.2, 0.25) is 0 Å². The minimum Gasteiger partial charge on any atom is -0.314 e. The van der Waals surface area contributed by atoms with Crippen LogP contribution in [0.3, 0.4) is 0 Å². The van der Waals surface area contributed by atoms with Gasteiger partial charge in [-0.1, -0.05) is 118 Å². The van der Waals surface area contributed by atoms with Crippen LogP contribution in [-0.4, -0.2) is 12.6 Å². The van der Waals surface area contributed by atoms with Crippen LogP contribution in [0, 0.1) is 0 Å². The Morgan fingerprint density at radius 2 is 1.12 bits per heavy atom. The summed E-state index contributed by atoms with van der Waals surface area (Å²) in [7, 11) is 0. The summed E-state index contributed by atoms with van der Waals surface area (Å²) in [6, 6.07) is 0.715. The maximum absolute atomic E-state index is 3.85. The van der Waals surface area contributed by atoms with Gasteiger partial charge in [0.25, 0.3) is 0 Å². The number of allylic oxidation sites excluding steroid dienone is 11. The molecule has 1 fully saturated rings. The Balaban J connectivity index is 1.80. The van der Waals surface area contributed by atoms with Gasteiger partial charge in [0, 0.05) is 6.04 Å². The van der Waals surface area contributed by atoms with Gasteiger partial charge in [-0.05, 0) is 31.4 Å². The average molecular weight is 352 g/mol. The van der Waals surface area contributed by atoms with E-state index in [0.29, 0.717) is 6.04 Å². The summed E-state index contributed by atoms with van der Waals surface area (Å²) in [5.74, 6) is 0. The zero-order valence-electron chi connectivity index (χ0n) is 16.4. The maximum Gasteiger partial charge on any atom is 0.00671 e. The van der Waals surface area contributed by atoms with Crippen molar-refractivity contribution in [1.82, 2.24) is 5.32 Å². The second-order valence-electron chi connectivity index (χ2n) is 7.45. The second kappa shape index (κ2) is 14.6. The Morgan fingerprint density at radius 3 is 1.73 bits per heavy atom. The first kappa shape index (κ1) is 20.7. The molecule has 0 heterocycles. The summed E-state index contributed by atoms with van der Waals surface area (Å²) in [5.41, 5.74) is 1.38. The van der Waals surface area contributed by atoms with E-state index in [1.165, 1.54) is 69.8 Å². The van der Waals surface area contributed by atoms with Gasteiger partial charge in [-0.3, -0.25) is 0 Å². The van der Waals surface area contributed by atoms with E-state index in [0.717, 1.165) is 13.0 Å². The van der Waals surface area contributed by atoms with Crippen molar-refractivity contribution >= 4 is 0 Å². The molecule has 1 heteroatoms. The van der Waals surface area contributed by atoms with E-state index >= 15 is 0 Å². The molecule has 1 N–H and O–H groups in total. The zero-order chi connectivity index (χ0) is 18.1. The fourth-order valence-electron chi connectivity index (χ4n) is 3.64. The Labute approximate surface area is 161 Å². The molecule has 142 valence electrons. The van der Waals surface area contributed by atoms with Gasteiger partial charge < -0.3 is 5.32 Å². The van der Waals surface area contributed by atoms with Crippen LogP contribution in [-0.2, 0) is 0 Å². The van der Waals surface area contributed by atoms with E-state index in [9.17, 15) is 0 Å². The summed E-state index contributed by atoms with van der Waals surface area (Å²) in [5, 5.41) is 3.85. The van der Waals surface area contributed by atoms with Crippen molar-refractivity contribution in [2.75, 3.05) is 6.54 Å². The lowest BCUT2D eigenvalue weighted by Gasteiger charge is -2.18. The molecule has 0 saturated heterocycles. The van der Waals surface area contributed by atoms with Crippen LogP contribution in [0.1, 0.15) is 70.6 Å². The number of rotatable bonds is 4. The minimum absolute atomic E-state index is 0.715. The third-order valence-corrected chi connectivity index (χ3v) is 5.21. The largest absolute Gasteiger partial charge is 0.314 e. The molecule has 1 nitrogen and oxygen atoms in total. The third-order valence-electron chi connectivity index (χ3n) is 5.21. The van der Waals surface area contributed by atoms with Crippen LogP contribution in [0.2, 0.25) is 0 Å². The Morgan fingerprint density at radius 1 is 0.615 bits per heavy atom. The second-order valence-corrected chi connectivity index (χ2v) is 7.45. The minimum atomic E-state index is 0.715. The molecule has 0 unspecified atom stereocenters. The molecule has 0 bridgehead atoms. The summed E-state index contributed by atoms with van der Waals surface area (Å²) in [4.78, 5) is 0. The van der Waals surface area contributed by atoms with E-state index in [1.54, 1.807) is 0 Å². The molecular weight excluding hydrogens is 314 g/mol. The van der Waals surface area contributed by atoms with Crippen LogP contribution >= 0.6 is 0 Å². The van der Waals surface area contributed by atoms with Gasteiger partial charge in [-0.15, -0.1) is 0 Å². The van der Waals surface area contributed by atoms with Gasteiger partial charge in [-0.2, -0.15) is 0 Å². The highest BCUT2D eigenvalue weighted by atomic mass is 14.9. The van der Waals surface area contributed by atoms with Gasteiger partial charge in [0.05, 0.1) is 0 Å². The first-order chi connectivity index (χ1) is 12.9. The molecule has 0 aromatic heterocycles. The predicted molar refractivity (Wildman–Crippen MR) is 116 cm³/mol. The van der Waals surface area contributed by atoms with Crippen molar-refractivity contribution in [2.24, 2.45) is 0 Å². The first-order valence-electron chi connectivity index (χ1n) is 10.7. The average Bonchev–Trinajstić information content (AvgIpc) is 2.70. The van der Waals surface area contributed by atoms with Crippen LogP contribution in [0.15, 0.2) is 72.4 Å². The Bertz CT molecular complexity index is 518. The van der Waals surface area contributed by atoms with Crippen LogP contribution in [0.5, 0.6) is 0 Å². The molecule has 2 rings (SSSR count). The standard InChI is InChI=1S/C25H37N/c1-2-6-10-14-18-24(19-15-11-7-3-1)22-23-26-25-20-16-12-8-4-5-9-13-17-21-25/h1-3,6-7,10-11,14-15,18-19,25-26H,4-5,8-9,12-13,16-17,20-23H2/b2-1-,3-1?,6-2?,7-3-,10-6-,11-7?,14-10?,15-11-,18-14-,19-15?,24-18?,24-19+. The number of nitrogens with one attached hydrogen (secondary N) is 1. The smallest absolute Gasteiger partial charge is 0.00671 e. The highest BCUT2D eigenvalue weighted by Crippen LogP contribution is 2.17. The molecular formula is C25H37N. The quantitative estimate of drug-likeness (QED) is 0.576. The summed E-state index contributed by atoms with van der Waals surface area (Å²) in [6.07, 6.45) is 38.5. The maximum atomic E-state index is 3.85. The molecule has 0 atom stereocenters. The monoisotopic (exact) mass is 351 g/mol. The molecule has 26 heavy (non-hydrogen) atoms. The molecule has 0 aromatic rings. The fraction of sp³-hybridized carbons (Fsp3) is 0.520. The van der Waals surface area contributed by atoms with Crippen molar-refractivity contribution in [1.29, 1.82) is 0 Å². The lowest BCUT2D eigenvalue weighted by molar-refractivity contribution is 0.425. The van der Waals surface area contributed by atoms with E-state index in [2.05, 4.69) is 66.1 Å². The van der Waals surface area contributed by atoms with Crippen LogP contribution < -0.4 is 5.32 Å². The summed E-state index contributed by atoms with van der Waals surface area (Å²) >= 11 is 0. The molecule has 1 saturated carbocycles. The SMILES string of the molecule is C1=C\C=C/C=C\C(CCNC2CCCCCCCCCC2)=C/C=C\C=C/1. The van der Waals surface area contributed by atoms with Gasteiger partial charge in [0.15, 0.2) is 0 Å². The predicted octanol–water partition coefficient (Wildman–Crippen LogP) is 6.97. The van der Waals surface area contributed by atoms with Crippen molar-refractivity contribution < 1.29 is 0 Å². The van der Waals surface area contributed by atoms with Crippen molar-refractivity contribution in [3.05, 3.63) is 72.4 Å². The van der Waals surface area contributed by atoms with E-state index in [4.69, 9.17) is 0 Å². The van der Waals surface area contributed by atoms with Gasteiger partial charge in [-0.25, -0.2) is 0 Å². The third kappa shape index (κ3) is 10.4. The summed E-state index contributed by atoms with van der Waals surface area (Å²) < 4.78 is 0. The fourth-order valence-corrected chi connectivity index (χ4v) is 3.64. The topological polar surface area (TPSA) is 12.0 Å². The molecule has 2 aliphatic rings. The number of hydrogen-bond donors (Lipinski definition) is 1. The zero-order valence-corrected chi connectivity index (χ0v) is 16.4. The van der Waals surface area contributed by atoms with Crippen LogP contribution in [0.4, 0.5) is 0 Å². The van der Waals surface area contributed by atoms with Crippen molar-refractivity contribution in [2.45, 2.75) is 76.7 Å². The van der Waals surface area contributed by atoms with Gasteiger partial charge >= 0.3 is 0 Å². The first-order valence-corrected chi connectivity index (χ1v) is 10.7. The number of hydrogen-bond acceptors (Lipinski definition) is 1. The normalized spacial score (nSPS) is 29.0. The van der Waals surface area contributed by atoms with Gasteiger partial charge in [0.1, 0.15) is 0 Å². The Hall–Kier alpha value is -1.60. The Kier molecular flexibility index (Phi) is 11.6. The lowest BCUT2D eigenvalue weighted by Crippen LogP contribution is -2.30. The highest BCUT2D eigenvalue weighted by molar-refractivity contribution is 5.29. The van der Waals surface area contributed by atoms with E-state index < -0.39 is 0 Å². The van der Waals surface area contributed by atoms with Crippen molar-refractivity contribution in [3.63, 3.8) is 0 Å². The molecule has 0 amide bonds.